The van der Waals surface area contributed by atoms with Gasteiger partial charge in [0.25, 0.3) is 0 Å². The van der Waals surface area contributed by atoms with Crippen molar-refractivity contribution in [1.82, 2.24) is 9.88 Å². The van der Waals surface area contributed by atoms with Gasteiger partial charge in [0, 0.05) is 30.7 Å². The Bertz CT molecular complexity index is 487. The van der Waals surface area contributed by atoms with Crippen LogP contribution in [0.2, 0.25) is 0 Å². The van der Waals surface area contributed by atoms with Crippen LogP contribution in [0.5, 0.6) is 5.75 Å². The van der Waals surface area contributed by atoms with Gasteiger partial charge in [0.1, 0.15) is 5.75 Å². The molecule has 1 aliphatic heterocycles. The summed E-state index contributed by atoms with van der Waals surface area (Å²) in [6, 6.07) is 7.76. The number of nitrogens with zero attached hydrogens (tertiary/aromatic N) is 1. The Kier molecular flexibility index (Phi) is 1.55. The fraction of sp³-hybridized carbons (Fsp3) is 0.273. The van der Waals surface area contributed by atoms with E-state index < -0.39 is 0 Å². The van der Waals surface area contributed by atoms with E-state index in [0.29, 0.717) is 5.75 Å². The van der Waals surface area contributed by atoms with E-state index >= 15 is 0 Å². The lowest BCUT2D eigenvalue weighted by atomic mass is 10.2. The fourth-order valence-electron chi connectivity index (χ4n) is 2.14. The van der Waals surface area contributed by atoms with E-state index in [-0.39, 0.29) is 0 Å². The number of benzene rings is 1. The number of aromatic nitrogens is 1. The molecule has 0 saturated heterocycles. The predicted molar refractivity (Wildman–Crippen MR) is 55.3 cm³/mol. The highest BCUT2D eigenvalue weighted by molar-refractivity contribution is 5.87. The summed E-state index contributed by atoms with van der Waals surface area (Å²) in [4.78, 5) is 0. The first-order chi connectivity index (χ1) is 6.86. The lowest BCUT2D eigenvalue weighted by Crippen LogP contribution is -2.27. The van der Waals surface area contributed by atoms with Crippen LogP contribution in [0.1, 0.15) is 5.69 Å². The molecule has 3 heteroatoms. The topological polar surface area (TPSA) is 37.2 Å². The van der Waals surface area contributed by atoms with Crippen LogP contribution in [0.25, 0.3) is 10.9 Å². The number of hydrogen-bond donors (Lipinski definition) is 2. The Morgan fingerprint density at radius 2 is 2.29 bits per heavy atom. The summed E-state index contributed by atoms with van der Waals surface area (Å²) in [7, 11) is 0. The molecule has 72 valence electrons. The Morgan fingerprint density at radius 3 is 3.21 bits per heavy atom. The van der Waals surface area contributed by atoms with Gasteiger partial charge in [-0.05, 0) is 18.2 Å². The van der Waals surface area contributed by atoms with Gasteiger partial charge in [-0.2, -0.15) is 0 Å². The number of nitrogens with one attached hydrogen (secondary N) is 1. The number of phenolic OH excluding ortho intramolecular Hbond substituents is 1. The molecule has 2 N–H and O–H groups in total. The molecule has 3 rings (SSSR count). The van der Waals surface area contributed by atoms with Crippen LogP contribution in [0, 0.1) is 0 Å². The summed E-state index contributed by atoms with van der Waals surface area (Å²) in [6.45, 7) is 2.89. The van der Waals surface area contributed by atoms with E-state index in [4.69, 9.17) is 0 Å². The quantitative estimate of drug-likeness (QED) is 0.656. The van der Waals surface area contributed by atoms with Crippen LogP contribution in [-0.4, -0.2) is 16.2 Å². The second-order valence-corrected chi connectivity index (χ2v) is 3.67. The van der Waals surface area contributed by atoms with Gasteiger partial charge in [0.05, 0.1) is 5.52 Å². The van der Waals surface area contributed by atoms with Gasteiger partial charge in [-0.25, -0.2) is 0 Å². The highest BCUT2D eigenvalue weighted by atomic mass is 16.3. The van der Waals surface area contributed by atoms with Crippen molar-refractivity contribution in [3.8, 4) is 5.75 Å². The Labute approximate surface area is 82.0 Å². The Hall–Kier alpha value is -1.48. The first kappa shape index (κ1) is 7.88. The van der Waals surface area contributed by atoms with Gasteiger partial charge in [-0.3, -0.25) is 0 Å². The number of aromatic hydroxyl groups is 1. The monoisotopic (exact) mass is 188 g/mol. The molecule has 0 saturated carbocycles. The molecule has 2 heterocycles. The van der Waals surface area contributed by atoms with E-state index in [1.54, 1.807) is 6.07 Å². The SMILES string of the molecule is Oc1cccc2c1cc1n2CCNC1. The van der Waals surface area contributed by atoms with Crippen molar-refractivity contribution >= 4 is 10.9 Å². The van der Waals surface area contributed by atoms with Crippen molar-refractivity contribution in [3.05, 3.63) is 30.0 Å². The average molecular weight is 188 g/mol. The third-order valence-corrected chi connectivity index (χ3v) is 2.83. The van der Waals surface area contributed by atoms with E-state index in [0.717, 1.165) is 30.5 Å². The molecule has 0 atom stereocenters. The zero-order valence-corrected chi connectivity index (χ0v) is 7.83. The molecular formula is C11H12N2O. The lowest BCUT2D eigenvalue weighted by molar-refractivity contribution is 0.481. The maximum Gasteiger partial charge on any atom is 0.124 e. The van der Waals surface area contributed by atoms with Crippen molar-refractivity contribution in [2.75, 3.05) is 6.54 Å². The number of phenols is 1. The normalized spacial score (nSPS) is 15.7. The first-order valence-corrected chi connectivity index (χ1v) is 4.87. The maximum absolute atomic E-state index is 9.69. The average Bonchev–Trinajstić information content (AvgIpc) is 2.59. The van der Waals surface area contributed by atoms with E-state index in [1.807, 2.05) is 6.07 Å². The van der Waals surface area contributed by atoms with Gasteiger partial charge in [-0.15, -0.1) is 0 Å². The molecule has 0 aliphatic carbocycles. The maximum atomic E-state index is 9.69. The molecule has 2 aromatic rings. The van der Waals surface area contributed by atoms with Crippen molar-refractivity contribution in [2.45, 2.75) is 13.1 Å². The highest BCUT2D eigenvalue weighted by Gasteiger charge is 2.13. The largest absolute Gasteiger partial charge is 0.507 e. The molecule has 3 nitrogen and oxygen atoms in total. The minimum absolute atomic E-state index is 0.379. The third-order valence-electron chi connectivity index (χ3n) is 2.83. The summed E-state index contributed by atoms with van der Waals surface area (Å²) in [5, 5.41) is 14.0. The van der Waals surface area contributed by atoms with E-state index in [1.165, 1.54) is 5.69 Å². The van der Waals surface area contributed by atoms with E-state index in [9.17, 15) is 5.11 Å². The van der Waals surface area contributed by atoms with Crippen LogP contribution in [0.4, 0.5) is 0 Å². The Balaban J connectivity index is 2.36. The molecule has 0 spiro atoms. The molecule has 1 aliphatic rings. The minimum atomic E-state index is 0.379. The van der Waals surface area contributed by atoms with Gasteiger partial charge in [-0.1, -0.05) is 6.07 Å². The summed E-state index contributed by atoms with van der Waals surface area (Å²) in [5.74, 6) is 0.379. The van der Waals surface area contributed by atoms with Gasteiger partial charge in [0.2, 0.25) is 0 Å². The number of hydrogen-bond acceptors (Lipinski definition) is 2. The van der Waals surface area contributed by atoms with Gasteiger partial charge < -0.3 is 15.0 Å². The summed E-state index contributed by atoms with van der Waals surface area (Å²) >= 11 is 0. The van der Waals surface area contributed by atoms with Gasteiger partial charge in [0.15, 0.2) is 0 Å². The predicted octanol–water partition coefficient (Wildman–Crippen LogP) is 1.45. The van der Waals surface area contributed by atoms with Crippen molar-refractivity contribution in [1.29, 1.82) is 0 Å². The second-order valence-electron chi connectivity index (χ2n) is 3.67. The van der Waals surface area contributed by atoms with Crippen LogP contribution in [-0.2, 0) is 13.1 Å². The number of fused-ring (bicyclic) bond motifs is 3. The number of rotatable bonds is 0. The molecule has 0 radical (unpaired) electrons. The van der Waals surface area contributed by atoms with Crippen LogP contribution in [0.15, 0.2) is 24.3 Å². The van der Waals surface area contributed by atoms with Crippen molar-refractivity contribution in [3.63, 3.8) is 0 Å². The molecule has 0 amide bonds. The van der Waals surface area contributed by atoms with Crippen molar-refractivity contribution in [2.24, 2.45) is 0 Å². The smallest absolute Gasteiger partial charge is 0.124 e. The second kappa shape index (κ2) is 2.75. The highest BCUT2D eigenvalue weighted by Crippen LogP contribution is 2.28. The zero-order chi connectivity index (χ0) is 9.54. The molecule has 0 fully saturated rings. The van der Waals surface area contributed by atoms with E-state index in [2.05, 4.69) is 22.0 Å². The third kappa shape index (κ3) is 0.960. The first-order valence-electron chi connectivity index (χ1n) is 4.87. The molecule has 0 unspecified atom stereocenters. The summed E-state index contributed by atoms with van der Waals surface area (Å²) < 4.78 is 2.27. The van der Waals surface area contributed by atoms with Gasteiger partial charge >= 0.3 is 0 Å². The lowest BCUT2D eigenvalue weighted by Gasteiger charge is -2.16. The molecule has 14 heavy (non-hydrogen) atoms. The minimum Gasteiger partial charge on any atom is -0.507 e. The standard InChI is InChI=1S/C11H12N2O/c14-11-3-1-2-10-9(11)6-8-7-12-4-5-13(8)10/h1-3,6,12,14H,4-5,7H2. The van der Waals surface area contributed by atoms with Crippen molar-refractivity contribution < 1.29 is 5.11 Å². The molecular weight excluding hydrogens is 176 g/mol. The molecule has 1 aromatic heterocycles. The fourth-order valence-corrected chi connectivity index (χ4v) is 2.14. The summed E-state index contributed by atoms with van der Waals surface area (Å²) in [6.07, 6.45) is 0. The van der Waals surface area contributed by atoms with Crippen LogP contribution in [0.3, 0.4) is 0 Å². The zero-order valence-electron chi connectivity index (χ0n) is 7.83. The Morgan fingerprint density at radius 1 is 1.36 bits per heavy atom. The molecule has 1 aromatic carbocycles. The summed E-state index contributed by atoms with van der Waals surface area (Å²) in [5.41, 5.74) is 2.40. The molecule has 0 bridgehead atoms. The van der Waals surface area contributed by atoms with Crippen LogP contribution >= 0.6 is 0 Å². The van der Waals surface area contributed by atoms with Crippen LogP contribution < -0.4 is 5.32 Å².